The Kier molecular flexibility index (Phi) is 2.75. The zero-order valence-electron chi connectivity index (χ0n) is 8.84. The molecule has 0 aromatic carbocycles. The van der Waals surface area contributed by atoms with Gasteiger partial charge in [-0.3, -0.25) is 5.10 Å². The summed E-state index contributed by atoms with van der Waals surface area (Å²) >= 11 is 0. The highest BCUT2D eigenvalue weighted by Gasteiger charge is 2.22. The van der Waals surface area contributed by atoms with Crippen LogP contribution in [0.2, 0.25) is 0 Å². The molecule has 3 nitrogen and oxygen atoms in total. The van der Waals surface area contributed by atoms with Crippen molar-refractivity contribution in [2.24, 2.45) is 0 Å². The van der Waals surface area contributed by atoms with E-state index in [0.29, 0.717) is 11.7 Å². The smallest absolute Gasteiger partial charge is 0.148 e. The quantitative estimate of drug-likeness (QED) is 0.775. The largest absolute Gasteiger partial charge is 0.382 e. The number of hydrogen-bond acceptors (Lipinski definition) is 2. The van der Waals surface area contributed by atoms with Gasteiger partial charge < -0.3 is 5.73 Å². The molecule has 3 heteroatoms. The fourth-order valence-corrected chi connectivity index (χ4v) is 2.46. The molecule has 0 radical (unpaired) electrons. The Bertz CT molecular complexity index is 297. The molecule has 3 N–H and O–H groups in total. The number of nitrogens with zero attached hydrogens (tertiary/aromatic N) is 1. The summed E-state index contributed by atoms with van der Waals surface area (Å²) in [5, 5.41) is 7.26. The lowest BCUT2D eigenvalue weighted by atomic mass is 9.98. The van der Waals surface area contributed by atoms with Gasteiger partial charge in [-0.05, 0) is 19.3 Å². The van der Waals surface area contributed by atoms with E-state index in [9.17, 15) is 0 Å². The summed E-state index contributed by atoms with van der Waals surface area (Å²) in [6.07, 6.45) is 7.53. The van der Waals surface area contributed by atoms with Crippen LogP contribution in [-0.4, -0.2) is 10.2 Å². The number of hydrogen-bond donors (Lipinski definition) is 2. The van der Waals surface area contributed by atoms with Gasteiger partial charge >= 0.3 is 0 Å². The monoisotopic (exact) mass is 193 g/mol. The number of nitrogens with two attached hydrogens (primary N) is 1. The summed E-state index contributed by atoms with van der Waals surface area (Å²) in [5.74, 6) is 1.41. The predicted octanol–water partition coefficient (Wildman–Crippen LogP) is 2.60. The van der Waals surface area contributed by atoms with E-state index in [-0.39, 0.29) is 0 Å². The maximum Gasteiger partial charge on any atom is 0.148 e. The normalized spacial score (nSPS) is 17.8. The van der Waals surface area contributed by atoms with Crippen molar-refractivity contribution in [3.05, 3.63) is 11.3 Å². The van der Waals surface area contributed by atoms with E-state index >= 15 is 0 Å². The Hall–Kier alpha value is -0.990. The van der Waals surface area contributed by atoms with E-state index < -0.39 is 0 Å². The molecule has 1 aromatic rings. The molecule has 1 fully saturated rings. The lowest BCUT2D eigenvalue weighted by molar-refractivity contribution is 0.681. The molecule has 78 valence electrons. The first-order valence-electron chi connectivity index (χ1n) is 5.65. The van der Waals surface area contributed by atoms with E-state index in [0.717, 1.165) is 12.8 Å². The maximum absolute atomic E-state index is 5.85. The number of anilines is 1. The first-order chi connectivity index (χ1) is 6.83. The van der Waals surface area contributed by atoms with Crippen LogP contribution in [0.1, 0.15) is 56.2 Å². The number of nitrogen functional groups attached to an aromatic ring is 1. The molecule has 1 aliphatic carbocycles. The molecule has 2 rings (SSSR count). The van der Waals surface area contributed by atoms with E-state index in [4.69, 9.17) is 5.73 Å². The van der Waals surface area contributed by atoms with Crippen LogP contribution in [0.3, 0.4) is 0 Å². The Morgan fingerprint density at radius 3 is 2.79 bits per heavy atom. The van der Waals surface area contributed by atoms with Gasteiger partial charge in [0.05, 0.1) is 0 Å². The average Bonchev–Trinajstić information content (AvgIpc) is 2.77. The molecule has 1 aliphatic rings. The van der Waals surface area contributed by atoms with Crippen LogP contribution in [0.5, 0.6) is 0 Å². The summed E-state index contributed by atoms with van der Waals surface area (Å²) in [6, 6.07) is 0. The van der Waals surface area contributed by atoms with Gasteiger partial charge in [0.25, 0.3) is 0 Å². The van der Waals surface area contributed by atoms with Crippen LogP contribution in [0, 0.1) is 0 Å². The van der Waals surface area contributed by atoms with Gasteiger partial charge in [0.2, 0.25) is 0 Å². The second-order valence-corrected chi connectivity index (χ2v) is 4.23. The van der Waals surface area contributed by atoms with Crippen molar-refractivity contribution in [2.75, 3.05) is 5.73 Å². The summed E-state index contributed by atoms with van der Waals surface area (Å²) < 4.78 is 0. The van der Waals surface area contributed by atoms with Gasteiger partial charge in [-0.1, -0.05) is 26.2 Å². The van der Waals surface area contributed by atoms with Crippen LogP contribution in [0.15, 0.2) is 0 Å². The van der Waals surface area contributed by atoms with Crippen molar-refractivity contribution < 1.29 is 0 Å². The molecular formula is C11H19N3. The molecule has 1 saturated carbocycles. The van der Waals surface area contributed by atoms with Crippen molar-refractivity contribution in [3.8, 4) is 0 Å². The van der Waals surface area contributed by atoms with Gasteiger partial charge in [-0.25, -0.2) is 0 Å². The molecule has 0 saturated heterocycles. The third-order valence-electron chi connectivity index (χ3n) is 3.19. The minimum atomic E-state index is 0.696. The molecule has 14 heavy (non-hydrogen) atoms. The minimum absolute atomic E-state index is 0.696. The molecule has 1 heterocycles. The van der Waals surface area contributed by atoms with Crippen LogP contribution in [0.25, 0.3) is 0 Å². The van der Waals surface area contributed by atoms with E-state index in [1.807, 2.05) is 0 Å². The van der Waals surface area contributed by atoms with Crippen LogP contribution in [-0.2, 0) is 6.42 Å². The Morgan fingerprint density at radius 2 is 2.14 bits per heavy atom. The number of rotatable bonds is 3. The summed E-state index contributed by atoms with van der Waals surface area (Å²) in [7, 11) is 0. The SMILES string of the molecule is CCCc1c(N)n[nH]c1C1CCCC1. The lowest BCUT2D eigenvalue weighted by Crippen LogP contribution is -1.99. The molecule has 0 spiro atoms. The van der Waals surface area contributed by atoms with Gasteiger partial charge in [-0.2, -0.15) is 5.10 Å². The van der Waals surface area contributed by atoms with E-state index in [1.54, 1.807) is 0 Å². The van der Waals surface area contributed by atoms with Crippen molar-refractivity contribution in [3.63, 3.8) is 0 Å². The molecule has 0 unspecified atom stereocenters. The molecular weight excluding hydrogens is 174 g/mol. The highest BCUT2D eigenvalue weighted by atomic mass is 15.2. The Labute approximate surface area is 85.1 Å². The maximum atomic E-state index is 5.85. The van der Waals surface area contributed by atoms with Crippen LogP contribution < -0.4 is 5.73 Å². The minimum Gasteiger partial charge on any atom is -0.382 e. The summed E-state index contributed by atoms with van der Waals surface area (Å²) in [5.41, 5.74) is 8.45. The Morgan fingerprint density at radius 1 is 1.43 bits per heavy atom. The lowest BCUT2D eigenvalue weighted by Gasteiger charge is -2.09. The second-order valence-electron chi connectivity index (χ2n) is 4.23. The fraction of sp³-hybridized carbons (Fsp3) is 0.727. The highest BCUT2D eigenvalue weighted by Crippen LogP contribution is 2.36. The highest BCUT2D eigenvalue weighted by molar-refractivity contribution is 5.43. The molecule has 0 bridgehead atoms. The number of aromatic amines is 1. The topological polar surface area (TPSA) is 54.7 Å². The molecule has 1 aromatic heterocycles. The van der Waals surface area contributed by atoms with Crippen molar-refractivity contribution >= 4 is 5.82 Å². The predicted molar refractivity (Wildman–Crippen MR) is 58.2 cm³/mol. The molecule has 0 aliphatic heterocycles. The van der Waals surface area contributed by atoms with Gasteiger partial charge in [0, 0.05) is 17.2 Å². The van der Waals surface area contributed by atoms with Gasteiger partial charge in [-0.15, -0.1) is 0 Å². The van der Waals surface area contributed by atoms with Crippen molar-refractivity contribution in [1.29, 1.82) is 0 Å². The van der Waals surface area contributed by atoms with Crippen molar-refractivity contribution in [1.82, 2.24) is 10.2 Å². The molecule has 0 atom stereocenters. The van der Waals surface area contributed by atoms with E-state index in [1.165, 1.54) is 36.9 Å². The summed E-state index contributed by atoms with van der Waals surface area (Å²) in [6.45, 7) is 2.19. The Balaban J connectivity index is 2.22. The third-order valence-corrected chi connectivity index (χ3v) is 3.19. The van der Waals surface area contributed by atoms with Crippen molar-refractivity contribution in [2.45, 2.75) is 51.4 Å². The molecule has 0 amide bonds. The van der Waals surface area contributed by atoms with Crippen LogP contribution in [0.4, 0.5) is 5.82 Å². The van der Waals surface area contributed by atoms with Gasteiger partial charge in [0.1, 0.15) is 5.82 Å². The average molecular weight is 193 g/mol. The van der Waals surface area contributed by atoms with Crippen LogP contribution >= 0.6 is 0 Å². The van der Waals surface area contributed by atoms with E-state index in [2.05, 4.69) is 17.1 Å². The second kappa shape index (κ2) is 4.03. The number of aromatic nitrogens is 2. The van der Waals surface area contributed by atoms with Gasteiger partial charge in [0.15, 0.2) is 0 Å². The third kappa shape index (κ3) is 1.63. The standard InChI is InChI=1S/C11H19N3/c1-2-5-9-10(13-14-11(9)12)8-6-3-4-7-8/h8H,2-7H2,1H3,(H3,12,13,14). The number of nitrogens with one attached hydrogen (secondary N) is 1. The zero-order valence-corrected chi connectivity index (χ0v) is 8.84. The summed E-state index contributed by atoms with van der Waals surface area (Å²) in [4.78, 5) is 0. The first-order valence-corrected chi connectivity index (χ1v) is 5.65. The zero-order chi connectivity index (χ0) is 9.97. The number of H-pyrrole nitrogens is 1. The fourth-order valence-electron chi connectivity index (χ4n) is 2.46. The first kappa shape index (κ1) is 9.56.